The maximum absolute atomic E-state index is 13.8. The fourth-order valence-corrected chi connectivity index (χ4v) is 4.66. The molecule has 1 N–H and O–H groups in total. The Kier molecular flexibility index (Phi) is 7.03. The lowest BCUT2D eigenvalue weighted by Crippen LogP contribution is -2.40. The van der Waals surface area contributed by atoms with Gasteiger partial charge in [0, 0.05) is 12.2 Å². The van der Waals surface area contributed by atoms with E-state index in [4.69, 9.17) is 9.15 Å². The van der Waals surface area contributed by atoms with Crippen molar-refractivity contribution in [1.29, 1.82) is 0 Å². The number of carbonyl (C=O) groups is 2. The maximum Gasteiger partial charge on any atom is 0.290 e. The SMILES string of the molecule is CCC(Oc1ccc2c(c1)C(c1ccc(F)cc1)N(C(=O)c1ccco1)CC2)C(=O)Nc1ccccc1. The molecule has 4 aromatic rings. The van der Waals surface area contributed by atoms with E-state index in [0.717, 1.165) is 16.7 Å². The van der Waals surface area contributed by atoms with Crippen molar-refractivity contribution in [2.45, 2.75) is 31.9 Å². The Balaban J connectivity index is 1.46. The number of fused-ring (bicyclic) bond motifs is 1. The van der Waals surface area contributed by atoms with Gasteiger partial charge in [-0.25, -0.2) is 4.39 Å². The number of hydrogen-bond donors (Lipinski definition) is 1. The molecule has 2 amide bonds. The second kappa shape index (κ2) is 10.7. The fraction of sp³-hybridized carbons (Fsp3) is 0.200. The molecule has 7 heteroatoms. The number of carbonyl (C=O) groups excluding carboxylic acids is 2. The predicted molar refractivity (Wildman–Crippen MR) is 138 cm³/mol. The molecule has 0 aliphatic carbocycles. The Bertz CT molecular complexity index is 1370. The molecule has 3 aromatic carbocycles. The molecule has 2 heterocycles. The van der Waals surface area contributed by atoms with Crippen molar-refractivity contribution in [2.75, 3.05) is 11.9 Å². The molecule has 5 rings (SSSR count). The lowest BCUT2D eigenvalue weighted by atomic mass is 9.87. The van der Waals surface area contributed by atoms with Crippen LogP contribution in [-0.4, -0.2) is 29.4 Å². The number of furan rings is 1. The molecule has 2 unspecified atom stereocenters. The van der Waals surface area contributed by atoms with E-state index >= 15 is 0 Å². The Morgan fingerprint density at radius 3 is 2.54 bits per heavy atom. The van der Waals surface area contributed by atoms with Gasteiger partial charge in [0.05, 0.1) is 12.3 Å². The average Bonchev–Trinajstić information content (AvgIpc) is 3.47. The van der Waals surface area contributed by atoms with E-state index < -0.39 is 12.1 Å². The van der Waals surface area contributed by atoms with E-state index in [2.05, 4.69) is 5.32 Å². The van der Waals surface area contributed by atoms with Gasteiger partial charge in [0.2, 0.25) is 0 Å². The van der Waals surface area contributed by atoms with Crippen molar-refractivity contribution in [3.63, 3.8) is 0 Å². The van der Waals surface area contributed by atoms with Crippen molar-refractivity contribution in [2.24, 2.45) is 0 Å². The van der Waals surface area contributed by atoms with Crippen molar-refractivity contribution >= 4 is 17.5 Å². The number of para-hydroxylation sites is 1. The molecule has 0 saturated heterocycles. The first-order valence-electron chi connectivity index (χ1n) is 12.3. The largest absolute Gasteiger partial charge is 0.481 e. The van der Waals surface area contributed by atoms with Gasteiger partial charge in [0.25, 0.3) is 11.8 Å². The third-order valence-electron chi connectivity index (χ3n) is 6.51. The van der Waals surface area contributed by atoms with Gasteiger partial charge in [-0.05, 0) is 78.1 Å². The number of amides is 2. The van der Waals surface area contributed by atoms with Crippen molar-refractivity contribution in [1.82, 2.24) is 4.90 Å². The van der Waals surface area contributed by atoms with E-state index in [9.17, 15) is 14.0 Å². The normalized spacial score (nSPS) is 15.5. The van der Waals surface area contributed by atoms with Gasteiger partial charge in [-0.15, -0.1) is 0 Å². The quantitative estimate of drug-likeness (QED) is 0.339. The number of benzene rings is 3. The summed E-state index contributed by atoms with van der Waals surface area (Å²) >= 11 is 0. The lowest BCUT2D eigenvalue weighted by Gasteiger charge is -2.37. The molecule has 6 nitrogen and oxygen atoms in total. The number of anilines is 1. The Morgan fingerprint density at radius 2 is 1.84 bits per heavy atom. The smallest absolute Gasteiger partial charge is 0.290 e. The molecule has 2 atom stereocenters. The molecule has 0 fully saturated rings. The van der Waals surface area contributed by atoms with E-state index in [1.54, 1.807) is 29.2 Å². The van der Waals surface area contributed by atoms with Gasteiger partial charge in [-0.3, -0.25) is 9.59 Å². The zero-order valence-corrected chi connectivity index (χ0v) is 20.4. The molecule has 1 aliphatic rings. The standard InChI is InChI=1S/C30H27FN2O4/c1-2-26(29(34)32-23-7-4-3-5-8-23)37-24-15-12-20-16-17-33(30(35)27-9-6-18-36-27)28(25(20)19-24)21-10-13-22(31)14-11-21/h3-15,18-19,26,28H,2,16-17H2,1H3,(H,32,34). The van der Waals surface area contributed by atoms with Crippen LogP contribution in [0.25, 0.3) is 0 Å². The number of halogens is 1. The van der Waals surface area contributed by atoms with Crippen molar-refractivity contribution in [3.8, 4) is 5.75 Å². The highest BCUT2D eigenvalue weighted by Crippen LogP contribution is 2.38. The topological polar surface area (TPSA) is 71.8 Å². The molecule has 1 aromatic heterocycles. The number of rotatable bonds is 7. The van der Waals surface area contributed by atoms with Crippen LogP contribution < -0.4 is 10.1 Å². The number of nitrogens with zero attached hydrogens (tertiary/aromatic N) is 1. The minimum absolute atomic E-state index is 0.240. The first kappa shape index (κ1) is 24.3. The van der Waals surface area contributed by atoms with Crippen molar-refractivity contribution in [3.05, 3.63) is 119 Å². The molecular weight excluding hydrogens is 471 g/mol. The summed E-state index contributed by atoms with van der Waals surface area (Å²) in [7, 11) is 0. The minimum atomic E-state index is -0.702. The van der Waals surface area contributed by atoms with Gasteiger partial charge >= 0.3 is 0 Å². The summed E-state index contributed by atoms with van der Waals surface area (Å²) in [5, 5.41) is 2.89. The first-order valence-corrected chi connectivity index (χ1v) is 12.3. The van der Waals surface area contributed by atoms with Crippen LogP contribution in [0.4, 0.5) is 10.1 Å². The number of hydrogen-bond acceptors (Lipinski definition) is 4. The van der Waals surface area contributed by atoms with E-state index in [-0.39, 0.29) is 23.4 Å². The Hall–Kier alpha value is -4.39. The van der Waals surface area contributed by atoms with Gasteiger partial charge in [0.1, 0.15) is 11.6 Å². The summed E-state index contributed by atoms with van der Waals surface area (Å²) in [5.41, 5.74) is 3.40. The molecular formula is C30H27FN2O4. The zero-order chi connectivity index (χ0) is 25.8. The van der Waals surface area contributed by atoms with E-state index in [1.165, 1.54) is 18.4 Å². The Labute approximate surface area is 214 Å². The van der Waals surface area contributed by atoms with Crippen molar-refractivity contribution < 1.29 is 23.1 Å². The summed E-state index contributed by atoms with van der Waals surface area (Å²) in [4.78, 5) is 28.0. The third kappa shape index (κ3) is 5.26. The first-order chi connectivity index (χ1) is 18.0. The highest BCUT2D eigenvalue weighted by molar-refractivity contribution is 5.94. The molecule has 0 saturated carbocycles. The predicted octanol–water partition coefficient (Wildman–Crippen LogP) is 6.00. The maximum atomic E-state index is 13.8. The van der Waals surface area contributed by atoms with Gasteiger partial charge in [-0.2, -0.15) is 0 Å². The molecule has 37 heavy (non-hydrogen) atoms. The van der Waals surface area contributed by atoms with Crippen LogP contribution >= 0.6 is 0 Å². The Morgan fingerprint density at radius 1 is 1.05 bits per heavy atom. The van der Waals surface area contributed by atoms with E-state index in [1.807, 2.05) is 55.5 Å². The van der Waals surface area contributed by atoms with Crippen LogP contribution in [0.2, 0.25) is 0 Å². The molecule has 0 bridgehead atoms. The van der Waals surface area contributed by atoms with Crippen LogP contribution in [0.15, 0.2) is 95.6 Å². The highest BCUT2D eigenvalue weighted by Gasteiger charge is 2.34. The third-order valence-corrected chi connectivity index (χ3v) is 6.51. The number of ether oxygens (including phenoxy) is 1. The highest BCUT2D eigenvalue weighted by atomic mass is 19.1. The van der Waals surface area contributed by atoms with Crippen LogP contribution in [0.5, 0.6) is 5.75 Å². The summed E-state index contributed by atoms with van der Waals surface area (Å²) in [5.74, 6) is -0.0723. The summed E-state index contributed by atoms with van der Waals surface area (Å²) in [6, 6.07) is 23.9. The minimum Gasteiger partial charge on any atom is -0.481 e. The lowest BCUT2D eigenvalue weighted by molar-refractivity contribution is -0.122. The monoisotopic (exact) mass is 498 g/mol. The summed E-state index contributed by atoms with van der Waals surface area (Å²) in [6.07, 6.45) is 1.88. The van der Waals surface area contributed by atoms with Gasteiger partial charge in [-0.1, -0.05) is 43.3 Å². The average molecular weight is 499 g/mol. The van der Waals surface area contributed by atoms with Crippen LogP contribution in [-0.2, 0) is 11.2 Å². The summed E-state index contributed by atoms with van der Waals surface area (Å²) < 4.78 is 25.3. The number of nitrogens with one attached hydrogen (secondary N) is 1. The fourth-order valence-electron chi connectivity index (χ4n) is 4.66. The van der Waals surface area contributed by atoms with Gasteiger partial charge < -0.3 is 19.4 Å². The second-order valence-electron chi connectivity index (χ2n) is 8.91. The van der Waals surface area contributed by atoms with Crippen LogP contribution in [0.1, 0.15) is 46.6 Å². The van der Waals surface area contributed by atoms with Crippen LogP contribution in [0.3, 0.4) is 0 Å². The molecule has 0 radical (unpaired) electrons. The second-order valence-corrected chi connectivity index (χ2v) is 8.91. The van der Waals surface area contributed by atoms with Crippen LogP contribution in [0, 0.1) is 5.82 Å². The van der Waals surface area contributed by atoms with E-state index in [0.29, 0.717) is 30.8 Å². The zero-order valence-electron chi connectivity index (χ0n) is 20.4. The molecule has 0 spiro atoms. The summed E-state index contributed by atoms with van der Waals surface area (Å²) in [6.45, 7) is 2.37. The molecule has 1 aliphatic heterocycles. The van der Waals surface area contributed by atoms with Gasteiger partial charge in [0.15, 0.2) is 11.9 Å². The molecule has 188 valence electrons.